The van der Waals surface area contributed by atoms with Gasteiger partial charge in [0, 0.05) is 17.0 Å². The van der Waals surface area contributed by atoms with E-state index in [-0.39, 0.29) is 5.56 Å². The smallest absolute Gasteiger partial charge is 0.349 e. The zero-order valence-corrected chi connectivity index (χ0v) is 17.7. The van der Waals surface area contributed by atoms with E-state index in [0.29, 0.717) is 27.3 Å². The summed E-state index contributed by atoms with van der Waals surface area (Å²) in [7, 11) is 0. The molecule has 0 atom stereocenters. The Hall–Kier alpha value is -3.48. The van der Waals surface area contributed by atoms with Crippen LogP contribution in [-0.2, 0) is 6.54 Å². The van der Waals surface area contributed by atoms with Gasteiger partial charge in [0.2, 0.25) is 0 Å². The van der Waals surface area contributed by atoms with Gasteiger partial charge in [-0.2, -0.15) is 4.99 Å². The van der Waals surface area contributed by atoms with E-state index in [2.05, 4.69) is 11.6 Å². The summed E-state index contributed by atoms with van der Waals surface area (Å²) in [4.78, 5) is 30.3. The maximum atomic E-state index is 13.0. The fourth-order valence-electron chi connectivity index (χ4n) is 3.61. The van der Waals surface area contributed by atoms with Gasteiger partial charge in [0.25, 0.3) is 5.91 Å². The van der Waals surface area contributed by atoms with Crippen molar-refractivity contribution < 1.29 is 9.21 Å². The van der Waals surface area contributed by atoms with Gasteiger partial charge in [-0.15, -0.1) is 6.58 Å². The number of hydrogen-bond acceptors (Lipinski definition) is 4. The van der Waals surface area contributed by atoms with Crippen molar-refractivity contribution >= 4 is 60.8 Å². The minimum Gasteiger partial charge on any atom is -0.422 e. The van der Waals surface area contributed by atoms with Crippen LogP contribution >= 0.6 is 22.9 Å². The first-order valence-corrected chi connectivity index (χ1v) is 10.7. The Bertz CT molecular complexity index is 1640. The first-order valence-electron chi connectivity index (χ1n) is 9.49. The number of rotatable bonds is 3. The van der Waals surface area contributed by atoms with E-state index in [0.717, 1.165) is 21.0 Å². The van der Waals surface area contributed by atoms with Gasteiger partial charge in [-0.25, -0.2) is 4.79 Å². The van der Waals surface area contributed by atoms with E-state index in [4.69, 9.17) is 16.0 Å². The third kappa shape index (κ3) is 3.40. The molecule has 0 bridgehead atoms. The molecular formula is C24H15ClN2O3S. The molecule has 0 radical (unpaired) electrons. The van der Waals surface area contributed by atoms with Gasteiger partial charge in [0.05, 0.1) is 10.2 Å². The number of carbonyl (C=O) groups is 1. The van der Waals surface area contributed by atoms with Gasteiger partial charge in [-0.3, -0.25) is 4.79 Å². The van der Waals surface area contributed by atoms with Gasteiger partial charge in [0.1, 0.15) is 11.1 Å². The summed E-state index contributed by atoms with van der Waals surface area (Å²) in [5, 5.41) is 3.18. The molecule has 2 heterocycles. The van der Waals surface area contributed by atoms with Crippen LogP contribution in [0, 0.1) is 0 Å². The average molecular weight is 447 g/mol. The molecule has 0 unspecified atom stereocenters. The maximum Gasteiger partial charge on any atom is 0.349 e. The van der Waals surface area contributed by atoms with Crippen molar-refractivity contribution in [1.29, 1.82) is 0 Å². The number of nitrogens with zero attached hydrogens (tertiary/aromatic N) is 2. The molecule has 152 valence electrons. The van der Waals surface area contributed by atoms with Crippen molar-refractivity contribution in [3.63, 3.8) is 0 Å². The minimum absolute atomic E-state index is 0.107. The lowest BCUT2D eigenvalue weighted by atomic mass is 10.0. The summed E-state index contributed by atoms with van der Waals surface area (Å²) in [5.41, 5.74) is 0.497. The van der Waals surface area contributed by atoms with Crippen LogP contribution in [0.5, 0.6) is 0 Å². The van der Waals surface area contributed by atoms with Crippen LogP contribution in [0.3, 0.4) is 0 Å². The summed E-state index contributed by atoms with van der Waals surface area (Å²) < 4.78 is 8.19. The van der Waals surface area contributed by atoms with E-state index in [9.17, 15) is 9.59 Å². The third-order valence-electron chi connectivity index (χ3n) is 5.03. The van der Waals surface area contributed by atoms with Crippen LogP contribution in [0.1, 0.15) is 10.4 Å². The van der Waals surface area contributed by atoms with E-state index < -0.39 is 11.5 Å². The van der Waals surface area contributed by atoms with Crippen LogP contribution in [0.2, 0.25) is 5.02 Å². The first-order chi connectivity index (χ1) is 15.0. The molecule has 2 aromatic heterocycles. The molecule has 0 fully saturated rings. The Morgan fingerprint density at radius 1 is 1.13 bits per heavy atom. The number of aromatic nitrogens is 1. The van der Waals surface area contributed by atoms with E-state index in [1.165, 1.54) is 11.3 Å². The quantitative estimate of drug-likeness (QED) is 0.207. The Kier molecular flexibility index (Phi) is 4.81. The monoisotopic (exact) mass is 446 g/mol. The summed E-state index contributed by atoms with van der Waals surface area (Å²) in [6, 6.07) is 18.4. The number of amides is 1. The Balaban J connectivity index is 1.72. The lowest BCUT2D eigenvalue weighted by Gasteiger charge is -2.04. The number of benzene rings is 3. The molecule has 0 spiro atoms. The second-order valence-electron chi connectivity index (χ2n) is 6.96. The highest BCUT2D eigenvalue weighted by Gasteiger charge is 2.16. The normalized spacial score (nSPS) is 12.1. The molecule has 0 saturated heterocycles. The molecule has 5 nitrogen and oxygen atoms in total. The number of halogens is 1. The lowest BCUT2D eigenvalue weighted by Crippen LogP contribution is -2.19. The first kappa shape index (κ1) is 19.5. The average Bonchev–Trinajstić information content (AvgIpc) is 3.09. The molecule has 3 aromatic carbocycles. The maximum absolute atomic E-state index is 13.0. The third-order valence-corrected chi connectivity index (χ3v) is 6.30. The van der Waals surface area contributed by atoms with E-state index in [1.807, 2.05) is 47.0 Å². The van der Waals surface area contributed by atoms with Gasteiger partial charge in [0.15, 0.2) is 4.80 Å². The lowest BCUT2D eigenvalue weighted by molar-refractivity contribution is 0.0994. The number of thiazole rings is 1. The standard InChI is InChI=1S/C24H15ClN2O3S/c1-2-11-27-19-9-8-15(25)12-21(19)31-24(27)26-22(28)18-13-17-16-6-4-3-5-14(16)7-10-20(17)30-23(18)29/h2-10,12-13H,1,11H2. The molecule has 1 amide bonds. The molecular weight excluding hydrogens is 432 g/mol. The predicted molar refractivity (Wildman–Crippen MR) is 125 cm³/mol. The highest BCUT2D eigenvalue weighted by atomic mass is 35.5. The summed E-state index contributed by atoms with van der Waals surface area (Å²) in [5.74, 6) is -0.654. The van der Waals surface area contributed by atoms with Crippen LogP contribution < -0.4 is 10.4 Å². The molecule has 7 heteroatoms. The minimum atomic E-state index is -0.712. The fourth-order valence-corrected chi connectivity index (χ4v) is 4.92. The van der Waals surface area contributed by atoms with Crippen molar-refractivity contribution in [1.82, 2.24) is 4.57 Å². The molecule has 5 rings (SSSR count). The van der Waals surface area contributed by atoms with Crippen molar-refractivity contribution in [2.45, 2.75) is 6.54 Å². The Morgan fingerprint density at radius 3 is 2.81 bits per heavy atom. The van der Waals surface area contributed by atoms with Crippen molar-refractivity contribution in [3.05, 3.63) is 99.1 Å². The van der Waals surface area contributed by atoms with Gasteiger partial charge in [-0.1, -0.05) is 59.3 Å². The zero-order valence-electron chi connectivity index (χ0n) is 16.2. The number of allylic oxidation sites excluding steroid dienone is 1. The summed E-state index contributed by atoms with van der Waals surface area (Å²) in [6.45, 7) is 4.24. The number of carbonyl (C=O) groups excluding carboxylic acids is 1. The second kappa shape index (κ2) is 7.65. The van der Waals surface area contributed by atoms with Gasteiger partial charge >= 0.3 is 5.63 Å². The number of fused-ring (bicyclic) bond motifs is 4. The van der Waals surface area contributed by atoms with Crippen LogP contribution in [0.25, 0.3) is 32.0 Å². The van der Waals surface area contributed by atoms with Crippen LogP contribution in [0.15, 0.2) is 87.5 Å². The molecule has 31 heavy (non-hydrogen) atoms. The molecule has 0 N–H and O–H groups in total. The summed E-state index contributed by atoms with van der Waals surface area (Å²) in [6.07, 6.45) is 1.72. The van der Waals surface area contributed by atoms with Gasteiger partial charge in [-0.05, 0) is 41.1 Å². The molecule has 5 aromatic rings. The molecule has 0 aliphatic rings. The fraction of sp³-hybridized carbons (Fsp3) is 0.0417. The van der Waals surface area contributed by atoms with Crippen molar-refractivity contribution in [2.24, 2.45) is 4.99 Å². The highest BCUT2D eigenvalue weighted by molar-refractivity contribution is 7.16. The molecule has 0 aliphatic carbocycles. The van der Waals surface area contributed by atoms with Crippen molar-refractivity contribution in [3.8, 4) is 0 Å². The largest absolute Gasteiger partial charge is 0.422 e. The highest BCUT2D eigenvalue weighted by Crippen LogP contribution is 2.25. The van der Waals surface area contributed by atoms with E-state index in [1.54, 1.807) is 24.3 Å². The van der Waals surface area contributed by atoms with Crippen molar-refractivity contribution in [2.75, 3.05) is 0 Å². The van der Waals surface area contributed by atoms with E-state index >= 15 is 0 Å². The van der Waals surface area contributed by atoms with Crippen LogP contribution in [-0.4, -0.2) is 10.5 Å². The SMILES string of the molecule is C=CCn1c(=NC(=O)c2cc3c(ccc4ccccc43)oc2=O)sc2cc(Cl)ccc21. The molecule has 0 saturated carbocycles. The topological polar surface area (TPSA) is 64.6 Å². The Morgan fingerprint density at radius 2 is 1.97 bits per heavy atom. The Labute approximate surface area is 185 Å². The molecule has 0 aliphatic heterocycles. The van der Waals surface area contributed by atoms with Gasteiger partial charge < -0.3 is 8.98 Å². The predicted octanol–water partition coefficient (Wildman–Crippen LogP) is 5.54. The second-order valence-corrected chi connectivity index (χ2v) is 8.40. The summed E-state index contributed by atoms with van der Waals surface area (Å²) >= 11 is 7.43. The zero-order chi connectivity index (χ0) is 21.5. The van der Waals surface area contributed by atoms with Crippen LogP contribution in [0.4, 0.5) is 0 Å². The number of hydrogen-bond donors (Lipinski definition) is 0.